The number of rotatable bonds is 8. The number of ether oxygens (including phenoxy) is 2. The highest BCUT2D eigenvalue weighted by atomic mass is 16.5. The Hall–Kier alpha value is -2.12. The number of hydrogen-bond donors (Lipinski definition) is 2. The molecule has 0 atom stereocenters. The van der Waals surface area contributed by atoms with E-state index in [4.69, 9.17) is 9.47 Å². The lowest BCUT2D eigenvalue weighted by Gasteiger charge is -2.28. The first-order valence-corrected chi connectivity index (χ1v) is 9.46. The van der Waals surface area contributed by atoms with E-state index in [0.29, 0.717) is 18.0 Å². The summed E-state index contributed by atoms with van der Waals surface area (Å²) >= 11 is 0. The van der Waals surface area contributed by atoms with Crippen LogP contribution >= 0.6 is 0 Å². The van der Waals surface area contributed by atoms with Crippen molar-refractivity contribution in [3.63, 3.8) is 0 Å². The Kier molecular flexibility index (Phi) is 7.62. The molecule has 0 aliphatic carbocycles. The molecule has 27 heavy (non-hydrogen) atoms. The molecule has 0 aromatic heterocycles. The summed E-state index contributed by atoms with van der Waals surface area (Å²) in [5, 5.41) is 5.70. The van der Waals surface area contributed by atoms with Crippen molar-refractivity contribution in [2.45, 2.75) is 33.8 Å². The number of benzene rings is 1. The van der Waals surface area contributed by atoms with Crippen LogP contribution in [-0.2, 0) is 14.3 Å². The van der Waals surface area contributed by atoms with Gasteiger partial charge in [-0.1, -0.05) is 12.1 Å². The van der Waals surface area contributed by atoms with E-state index >= 15 is 0 Å². The molecule has 1 aromatic carbocycles. The minimum Gasteiger partial charge on any atom is -0.489 e. The lowest BCUT2D eigenvalue weighted by Crippen LogP contribution is -2.48. The summed E-state index contributed by atoms with van der Waals surface area (Å²) in [4.78, 5) is 27.5. The topological polar surface area (TPSA) is 79.9 Å². The number of carbonyl (C=O) groups excluding carboxylic acids is 2. The van der Waals surface area contributed by atoms with Crippen molar-refractivity contribution in [1.29, 1.82) is 0 Å². The smallest absolute Gasteiger partial charge is 0.239 e. The Morgan fingerprint density at radius 1 is 1.19 bits per heavy atom. The second-order valence-corrected chi connectivity index (χ2v) is 7.45. The van der Waals surface area contributed by atoms with Gasteiger partial charge in [0.2, 0.25) is 11.8 Å². The van der Waals surface area contributed by atoms with Crippen LogP contribution in [0.2, 0.25) is 0 Å². The van der Waals surface area contributed by atoms with Gasteiger partial charge in [0.15, 0.2) is 0 Å². The third-order valence-corrected chi connectivity index (χ3v) is 4.45. The maximum absolute atomic E-state index is 12.7. The highest BCUT2D eigenvalue weighted by Gasteiger charge is 2.36. The molecule has 1 aliphatic heterocycles. The molecule has 7 nitrogen and oxygen atoms in total. The summed E-state index contributed by atoms with van der Waals surface area (Å²) in [6.07, 6.45) is -0.0143. The summed E-state index contributed by atoms with van der Waals surface area (Å²) in [5.74, 6) is -0.0777. The first kappa shape index (κ1) is 21.2. The van der Waals surface area contributed by atoms with Crippen molar-refractivity contribution in [3.05, 3.63) is 24.3 Å². The molecule has 150 valence electrons. The molecule has 2 rings (SSSR count). The third-order valence-electron chi connectivity index (χ3n) is 4.45. The van der Waals surface area contributed by atoms with Crippen LogP contribution in [0.15, 0.2) is 24.3 Å². The maximum Gasteiger partial charge on any atom is 0.239 e. The first-order chi connectivity index (χ1) is 12.8. The molecule has 1 heterocycles. The monoisotopic (exact) mass is 377 g/mol. The molecular weight excluding hydrogens is 346 g/mol. The normalized spacial score (nSPS) is 15.4. The van der Waals surface area contributed by atoms with Crippen LogP contribution in [0.4, 0.5) is 5.69 Å². The van der Waals surface area contributed by atoms with Crippen molar-refractivity contribution >= 4 is 17.5 Å². The second kappa shape index (κ2) is 9.71. The van der Waals surface area contributed by atoms with Crippen LogP contribution in [0.3, 0.4) is 0 Å². The van der Waals surface area contributed by atoms with E-state index in [2.05, 4.69) is 15.5 Å². The van der Waals surface area contributed by atoms with Crippen molar-refractivity contribution in [2.24, 2.45) is 5.41 Å². The Bertz CT molecular complexity index is 640. The molecule has 1 aromatic rings. The Morgan fingerprint density at radius 3 is 2.52 bits per heavy atom. The summed E-state index contributed by atoms with van der Waals surface area (Å²) in [6, 6.07) is 7.22. The van der Waals surface area contributed by atoms with Gasteiger partial charge < -0.3 is 20.1 Å². The lowest BCUT2D eigenvalue weighted by atomic mass is 9.91. The zero-order valence-corrected chi connectivity index (χ0v) is 16.7. The van der Waals surface area contributed by atoms with Crippen LogP contribution < -0.4 is 15.4 Å². The van der Waals surface area contributed by atoms with E-state index < -0.39 is 5.41 Å². The number of morpholine rings is 1. The first-order valence-electron chi connectivity index (χ1n) is 9.46. The molecule has 2 N–H and O–H groups in total. The Labute approximate surface area is 161 Å². The number of anilines is 1. The summed E-state index contributed by atoms with van der Waals surface area (Å²) in [7, 11) is 0. The summed E-state index contributed by atoms with van der Waals surface area (Å²) < 4.78 is 11.0. The lowest BCUT2D eigenvalue weighted by molar-refractivity contribution is -0.138. The van der Waals surface area contributed by atoms with Gasteiger partial charge in [0.1, 0.15) is 11.2 Å². The van der Waals surface area contributed by atoms with Gasteiger partial charge in [0.05, 0.1) is 25.0 Å². The van der Waals surface area contributed by atoms with Gasteiger partial charge in [-0.15, -0.1) is 0 Å². The van der Waals surface area contributed by atoms with Gasteiger partial charge in [0.25, 0.3) is 0 Å². The molecule has 1 aliphatic rings. The van der Waals surface area contributed by atoms with E-state index in [1.54, 1.807) is 26.0 Å². The van der Waals surface area contributed by atoms with Crippen LogP contribution in [0.25, 0.3) is 0 Å². The van der Waals surface area contributed by atoms with E-state index in [1.807, 2.05) is 26.0 Å². The van der Waals surface area contributed by atoms with Crippen LogP contribution in [0.5, 0.6) is 5.75 Å². The largest absolute Gasteiger partial charge is 0.489 e. The number of carbonyl (C=O) groups is 2. The molecule has 0 bridgehead atoms. The van der Waals surface area contributed by atoms with E-state index in [1.165, 1.54) is 0 Å². The van der Waals surface area contributed by atoms with Crippen molar-refractivity contribution < 1.29 is 19.1 Å². The van der Waals surface area contributed by atoms with Gasteiger partial charge >= 0.3 is 0 Å². The number of nitrogens with zero attached hydrogens (tertiary/aromatic N) is 1. The minimum absolute atomic E-state index is 0.0143. The number of amides is 2. The highest BCUT2D eigenvalue weighted by Crippen LogP contribution is 2.27. The van der Waals surface area contributed by atoms with Crippen molar-refractivity contribution in [3.8, 4) is 5.75 Å². The molecule has 0 radical (unpaired) electrons. The molecule has 7 heteroatoms. The van der Waals surface area contributed by atoms with Gasteiger partial charge in [-0.2, -0.15) is 0 Å². The van der Waals surface area contributed by atoms with Crippen molar-refractivity contribution in [1.82, 2.24) is 10.2 Å². The summed E-state index contributed by atoms with van der Waals surface area (Å²) in [5.41, 5.74) is -0.638. The van der Waals surface area contributed by atoms with Gasteiger partial charge in [-0.05, 0) is 39.8 Å². The molecule has 0 saturated carbocycles. The molecule has 0 spiro atoms. The molecule has 1 fully saturated rings. The van der Waals surface area contributed by atoms with Crippen molar-refractivity contribution in [2.75, 3.05) is 44.7 Å². The SMILES string of the molecule is CC(C)Oc1ccccc1NC(=O)C(C)(C)C(=O)NCCN1CCOCC1. The molecule has 1 saturated heterocycles. The molecule has 0 unspecified atom stereocenters. The second-order valence-electron chi connectivity index (χ2n) is 7.45. The predicted octanol–water partition coefficient (Wildman–Crippen LogP) is 1.89. The van der Waals surface area contributed by atoms with Crippen LogP contribution in [-0.4, -0.2) is 62.2 Å². The minimum atomic E-state index is -1.20. The average Bonchev–Trinajstić information content (AvgIpc) is 2.63. The Balaban J connectivity index is 1.90. The number of nitrogens with one attached hydrogen (secondary N) is 2. The molecular formula is C20H31N3O4. The standard InChI is InChI=1S/C20H31N3O4/c1-15(2)27-17-8-6-5-7-16(17)22-19(25)20(3,4)18(24)21-9-10-23-11-13-26-14-12-23/h5-8,15H,9-14H2,1-4H3,(H,21,24)(H,22,25). The fourth-order valence-corrected chi connectivity index (χ4v) is 2.68. The van der Waals surface area contributed by atoms with Crippen LogP contribution in [0.1, 0.15) is 27.7 Å². The van der Waals surface area contributed by atoms with E-state index in [9.17, 15) is 9.59 Å². The quantitative estimate of drug-likeness (QED) is 0.677. The van der Waals surface area contributed by atoms with Gasteiger partial charge in [-0.3, -0.25) is 14.5 Å². The van der Waals surface area contributed by atoms with E-state index in [0.717, 1.165) is 32.8 Å². The molecule has 2 amide bonds. The van der Waals surface area contributed by atoms with E-state index in [-0.39, 0.29) is 17.9 Å². The Morgan fingerprint density at radius 2 is 1.85 bits per heavy atom. The fraction of sp³-hybridized carbons (Fsp3) is 0.600. The average molecular weight is 377 g/mol. The maximum atomic E-state index is 12.7. The number of hydrogen-bond acceptors (Lipinski definition) is 5. The zero-order chi connectivity index (χ0) is 19.9. The highest BCUT2D eigenvalue weighted by molar-refractivity contribution is 6.10. The summed E-state index contributed by atoms with van der Waals surface area (Å²) in [6.45, 7) is 11.5. The van der Waals surface area contributed by atoms with Gasteiger partial charge in [0, 0.05) is 26.2 Å². The fourth-order valence-electron chi connectivity index (χ4n) is 2.68. The van der Waals surface area contributed by atoms with Crippen LogP contribution in [0, 0.1) is 5.41 Å². The zero-order valence-electron chi connectivity index (χ0n) is 16.7. The van der Waals surface area contributed by atoms with Gasteiger partial charge in [-0.25, -0.2) is 0 Å². The third kappa shape index (κ3) is 6.22. The number of para-hydroxylation sites is 2. The predicted molar refractivity (Wildman–Crippen MR) is 105 cm³/mol.